The molecule has 0 aliphatic heterocycles. The summed E-state index contributed by atoms with van der Waals surface area (Å²) in [6.45, 7) is 6.44. The van der Waals surface area contributed by atoms with Gasteiger partial charge in [0, 0.05) is 23.2 Å². The van der Waals surface area contributed by atoms with Crippen molar-refractivity contribution < 1.29 is 9.72 Å². The lowest BCUT2D eigenvalue weighted by atomic mass is 9.70. The third-order valence-electron chi connectivity index (χ3n) is 5.93. The predicted octanol–water partition coefficient (Wildman–Crippen LogP) is 3.40. The molecule has 5 heteroatoms. The van der Waals surface area contributed by atoms with E-state index in [4.69, 9.17) is 0 Å². The van der Waals surface area contributed by atoms with Gasteiger partial charge >= 0.3 is 0 Å². The molecule has 2 saturated carbocycles. The van der Waals surface area contributed by atoms with Crippen molar-refractivity contribution in [1.82, 2.24) is 0 Å². The van der Waals surface area contributed by atoms with E-state index in [-0.39, 0.29) is 28.3 Å². The van der Waals surface area contributed by atoms with Crippen LogP contribution in [0.3, 0.4) is 0 Å². The molecule has 2 aliphatic rings. The molecule has 2 fully saturated rings. The van der Waals surface area contributed by atoms with E-state index in [9.17, 15) is 14.9 Å². The van der Waals surface area contributed by atoms with Gasteiger partial charge in [-0.15, -0.1) is 0 Å². The lowest BCUT2D eigenvalue weighted by Gasteiger charge is -2.32. The van der Waals surface area contributed by atoms with Gasteiger partial charge in [0.2, 0.25) is 0 Å². The average molecular weight is 288 g/mol. The summed E-state index contributed by atoms with van der Waals surface area (Å²) in [5, 5.41) is 14.0. The SMILES string of the molecule is CC1(C)[C@@H]2CC[C@@]1(C)C(=O)[C@H]2Nc1ccc([N+](=O)[O-])cc1. The first-order valence-electron chi connectivity index (χ1n) is 7.33. The maximum atomic E-state index is 12.7. The minimum atomic E-state index is -0.420. The van der Waals surface area contributed by atoms with Gasteiger partial charge in [0.05, 0.1) is 11.0 Å². The zero-order valence-electron chi connectivity index (χ0n) is 12.6. The Hall–Kier alpha value is -1.91. The van der Waals surface area contributed by atoms with E-state index < -0.39 is 4.92 Å². The van der Waals surface area contributed by atoms with Crippen LogP contribution in [-0.4, -0.2) is 16.7 Å². The molecule has 0 radical (unpaired) electrons. The van der Waals surface area contributed by atoms with Gasteiger partial charge in [0.25, 0.3) is 5.69 Å². The van der Waals surface area contributed by atoms with Crippen LogP contribution < -0.4 is 5.32 Å². The number of hydrogen-bond donors (Lipinski definition) is 1. The second-order valence-electron chi connectivity index (χ2n) is 6.99. The van der Waals surface area contributed by atoms with Crippen LogP contribution in [0.4, 0.5) is 11.4 Å². The molecule has 112 valence electrons. The Bertz CT molecular complexity index is 608. The monoisotopic (exact) mass is 288 g/mol. The Balaban J connectivity index is 1.83. The summed E-state index contributed by atoms with van der Waals surface area (Å²) < 4.78 is 0. The van der Waals surface area contributed by atoms with Gasteiger partial charge in [0.1, 0.15) is 0 Å². The van der Waals surface area contributed by atoms with E-state index in [0.717, 1.165) is 18.5 Å². The highest BCUT2D eigenvalue weighted by atomic mass is 16.6. The molecule has 0 amide bonds. The number of nitrogens with one attached hydrogen (secondary N) is 1. The predicted molar refractivity (Wildman–Crippen MR) is 80.1 cm³/mol. The fraction of sp³-hybridized carbons (Fsp3) is 0.562. The lowest BCUT2D eigenvalue weighted by molar-refractivity contribution is -0.384. The van der Waals surface area contributed by atoms with Crippen LogP contribution in [0.5, 0.6) is 0 Å². The van der Waals surface area contributed by atoms with Gasteiger partial charge in [-0.1, -0.05) is 20.8 Å². The number of Topliss-reactive ketones (excluding diaryl/α,β-unsaturated/α-hetero) is 1. The summed E-state index contributed by atoms with van der Waals surface area (Å²) in [5.41, 5.74) is 0.580. The van der Waals surface area contributed by atoms with Gasteiger partial charge in [-0.05, 0) is 36.3 Å². The smallest absolute Gasteiger partial charge is 0.269 e. The molecule has 0 spiro atoms. The van der Waals surface area contributed by atoms with Crippen molar-refractivity contribution in [3.63, 3.8) is 0 Å². The van der Waals surface area contributed by atoms with E-state index in [1.807, 2.05) is 0 Å². The van der Waals surface area contributed by atoms with Crippen molar-refractivity contribution in [2.45, 2.75) is 39.7 Å². The van der Waals surface area contributed by atoms with Crippen molar-refractivity contribution >= 4 is 17.2 Å². The number of non-ortho nitro benzene ring substituents is 1. The van der Waals surface area contributed by atoms with Crippen LogP contribution in [0.1, 0.15) is 33.6 Å². The Morgan fingerprint density at radius 2 is 1.86 bits per heavy atom. The molecule has 2 bridgehead atoms. The zero-order chi connectivity index (χ0) is 15.4. The Morgan fingerprint density at radius 1 is 1.24 bits per heavy atom. The number of fused-ring (bicyclic) bond motifs is 2. The van der Waals surface area contributed by atoms with Crippen LogP contribution >= 0.6 is 0 Å². The fourth-order valence-electron chi connectivity index (χ4n) is 4.11. The maximum absolute atomic E-state index is 12.7. The summed E-state index contributed by atoms with van der Waals surface area (Å²) in [6.07, 6.45) is 2.02. The molecule has 0 unspecified atom stereocenters. The van der Waals surface area contributed by atoms with Crippen molar-refractivity contribution in [2.24, 2.45) is 16.7 Å². The number of anilines is 1. The third kappa shape index (κ3) is 1.79. The molecule has 0 aromatic heterocycles. The summed E-state index contributed by atoms with van der Waals surface area (Å²) >= 11 is 0. The van der Waals surface area contributed by atoms with Gasteiger partial charge in [-0.3, -0.25) is 14.9 Å². The topological polar surface area (TPSA) is 72.2 Å². The van der Waals surface area contributed by atoms with Crippen LogP contribution in [0, 0.1) is 26.9 Å². The summed E-state index contributed by atoms with van der Waals surface area (Å²) in [4.78, 5) is 23.0. The van der Waals surface area contributed by atoms with E-state index in [0.29, 0.717) is 5.92 Å². The quantitative estimate of drug-likeness (QED) is 0.683. The number of hydrogen-bond acceptors (Lipinski definition) is 4. The van der Waals surface area contributed by atoms with Crippen molar-refractivity contribution in [2.75, 3.05) is 5.32 Å². The molecule has 0 heterocycles. The minimum absolute atomic E-state index is 0.00251. The molecule has 1 aromatic rings. The molecule has 1 N–H and O–H groups in total. The Morgan fingerprint density at radius 3 is 2.33 bits per heavy atom. The van der Waals surface area contributed by atoms with Crippen LogP contribution in [0.25, 0.3) is 0 Å². The minimum Gasteiger partial charge on any atom is -0.375 e. The van der Waals surface area contributed by atoms with Crippen LogP contribution in [0.15, 0.2) is 24.3 Å². The molecule has 0 saturated heterocycles. The van der Waals surface area contributed by atoms with Gasteiger partial charge < -0.3 is 5.32 Å². The number of nitro benzene ring substituents is 1. The molecule has 21 heavy (non-hydrogen) atoms. The number of carbonyl (C=O) groups excluding carboxylic acids is 1. The van der Waals surface area contributed by atoms with E-state index >= 15 is 0 Å². The number of rotatable bonds is 3. The highest BCUT2D eigenvalue weighted by Gasteiger charge is 2.66. The van der Waals surface area contributed by atoms with Gasteiger partial charge in [-0.25, -0.2) is 0 Å². The Labute approximate surface area is 123 Å². The number of ketones is 1. The first kappa shape index (κ1) is 14.0. The summed E-state index contributed by atoms with van der Waals surface area (Å²) in [6, 6.07) is 6.10. The second kappa shape index (κ2) is 4.29. The molecule has 3 atom stereocenters. The van der Waals surface area contributed by atoms with Crippen molar-refractivity contribution in [3.05, 3.63) is 34.4 Å². The lowest BCUT2D eigenvalue weighted by Crippen LogP contribution is -2.38. The standard InChI is InChI=1S/C16H20N2O3/c1-15(2)12-8-9-16(15,3)14(19)13(12)17-10-4-6-11(7-5-10)18(20)21/h4-7,12-13,17H,8-9H2,1-3H3/t12-,13+,16+/m1/s1. The normalized spacial score (nSPS) is 33.2. The van der Waals surface area contributed by atoms with E-state index in [1.165, 1.54) is 12.1 Å². The van der Waals surface area contributed by atoms with Crippen LogP contribution in [-0.2, 0) is 4.79 Å². The summed E-state index contributed by atoms with van der Waals surface area (Å²) in [7, 11) is 0. The number of nitrogens with zero attached hydrogens (tertiary/aromatic N) is 1. The van der Waals surface area contributed by atoms with Gasteiger partial charge in [-0.2, -0.15) is 0 Å². The number of nitro groups is 1. The highest BCUT2D eigenvalue weighted by molar-refractivity contribution is 5.96. The summed E-state index contributed by atoms with van der Waals surface area (Å²) in [5.74, 6) is 0.604. The zero-order valence-corrected chi connectivity index (χ0v) is 12.6. The molecule has 5 nitrogen and oxygen atoms in total. The molecular weight excluding hydrogens is 268 g/mol. The first-order chi connectivity index (χ1) is 9.77. The van der Waals surface area contributed by atoms with Crippen LogP contribution in [0.2, 0.25) is 0 Å². The molecule has 1 aromatic carbocycles. The average Bonchev–Trinajstić information content (AvgIpc) is 2.74. The van der Waals surface area contributed by atoms with Crippen molar-refractivity contribution in [3.8, 4) is 0 Å². The largest absolute Gasteiger partial charge is 0.375 e. The number of benzene rings is 1. The first-order valence-corrected chi connectivity index (χ1v) is 7.33. The highest BCUT2D eigenvalue weighted by Crippen LogP contribution is 2.63. The van der Waals surface area contributed by atoms with E-state index in [2.05, 4.69) is 26.1 Å². The maximum Gasteiger partial charge on any atom is 0.269 e. The van der Waals surface area contributed by atoms with Gasteiger partial charge in [0.15, 0.2) is 5.78 Å². The Kier molecular flexibility index (Phi) is 2.87. The third-order valence-corrected chi connectivity index (χ3v) is 5.93. The van der Waals surface area contributed by atoms with Crippen molar-refractivity contribution in [1.29, 1.82) is 0 Å². The fourth-order valence-corrected chi connectivity index (χ4v) is 4.11. The molecule has 2 aliphatic carbocycles. The second-order valence-corrected chi connectivity index (χ2v) is 6.99. The molecule has 3 rings (SSSR count). The number of carbonyl (C=O) groups is 1. The molecular formula is C16H20N2O3. The van der Waals surface area contributed by atoms with E-state index in [1.54, 1.807) is 12.1 Å².